The van der Waals surface area contributed by atoms with E-state index >= 15 is 0 Å². The highest BCUT2D eigenvalue weighted by Crippen LogP contribution is 1.91. The molecule has 0 radical (unpaired) electrons. The van der Waals surface area contributed by atoms with E-state index in [4.69, 9.17) is 5.73 Å². The van der Waals surface area contributed by atoms with Gasteiger partial charge in [-0.25, -0.2) is 9.98 Å². The molecule has 6 heteroatoms. The number of aromatic nitrogens is 3. The highest BCUT2D eigenvalue weighted by molar-refractivity contribution is 5.77. The van der Waals surface area contributed by atoms with Crippen molar-refractivity contribution in [2.45, 2.75) is 20.4 Å². The first-order valence-corrected chi connectivity index (χ1v) is 4.96. The van der Waals surface area contributed by atoms with E-state index in [0.717, 1.165) is 6.54 Å². The van der Waals surface area contributed by atoms with Crippen molar-refractivity contribution in [3.8, 4) is 0 Å². The fraction of sp³-hybridized carbons (Fsp3) is 0.667. The number of aliphatic imine (C=N–C) groups is 1. The molecule has 0 spiro atoms. The van der Waals surface area contributed by atoms with Crippen LogP contribution in [0.4, 0.5) is 0 Å². The predicted octanol–water partition coefficient (Wildman–Crippen LogP) is -0.125. The van der Waals surface area contributed by atoms with Crippen LogP contribution in [-0.2, 0) is 13.6 Å². The Morgan fingerprint density at radius 1 is 1.67 bits per heavy atom. The Labute approximate surface area is 89.6 Å². The number of hydrogen-bond donors (Lipinski definition) is 2. The molecule has 84 valence electrons. The van der Waals surface area contributed by atoms with Gasteiger partial charge in [0, 0.05) is 13.6 Å². The summed E-state index contributed by atoms with van der Waals surface area (Å²) >= 11 is 0. The molecule has 3 N–H and O–H groups in total. The summed E-state index contributed by atoms with van der Waals surface area (Å²) in [7, 11) is 1.82. The number of rotatable bonds is 4. The van der Waals surface area contributed by atoms with Gasteiger partial charge in [0.15, 0.2) is 11.8 Å². The molecule has 6 nitrogen and oxygen atoms in total. The molecule has 15 heavy (non-hydrogen) atoms. The highest BCUT2D eigenvalue weighted by atomic mass is 15.3. The minimum atomic E-state index is 0.414. The standard InChI is InChI=1S/C9H18N6/c1-7(2)4-11-9(10)12-5-8-13-6-15(3)14-8/h6-7H,4-5H2,1-3H3,(H3,10,11,12). The first kappa shape index (κ1) is 11.5. The van der Waals surface area contributed by atoms with E-state index in [9.17, 15) is 0 Å². The van der Waals surface area contributed by atoms with Crippen molar-refractivity contribution in [2.24, 2.45) is 23.7 Å². The maximum absolute atomic E-state index is 5.65. The van der Waals surface area contributed by atoms with Crippen molar-refractivity contribution < 1.29 is 0 Å². The molecular formula is C9H18N6. The average Bonchev–Trinajstić information content (AvgIpc) is 2.58. The topological polar surface area (TPSA) is 81.1 Å². The van der Waals surface area contributed by atoms with Crippen LogP contribution in [0.2, 0.25) is 0 Å². The van der Waals surface area contributed by atoms with Crippen LogP contribution in [0.3, 0.4) is 0 Å². The third kappa shape index (κ3) is 4.44. The molecule has 0 aromatic carbocycles. The Morgan fingerprint density at radius 2 is 2.40 bits per heavy atom. The summed E-state index contributed by atoms with van der Waals surface area (Å²) in [6.07, 6.45) is 1.64. The Bertz CT molecular complexity index is 327. The number of guanidine groups is 1. The van der Waals surface area contributed by atoms with Gasteiger partial charge in [0.05, 0.1) is 0 Å². The van der Waals surface area contributed by atoms with Gasteiger partial charge in [-0.1, -0.05) is 13.8 Å². The second-order valence-electron chi connectivity index (χ2n) is 3.81. The molecule has 1 aromatic heterocycles. The minimum Gasteiger partial charge on any atom is -0.370 e. The maximum atomic E-state index is 5.65. The van der Waals surface area contributed by atoms with Gasteiger partial charge in [-0.15, -0.1) is 0 Å². The third-order valence-electron chi connectivity index (χ3n) is 1.73. The summed E-state index contributed by atoms with van der Waals surface area (Å²) in [6, 6.07) is 0. The summed E-state index contributed by atoms with van der Waals surface area (Å²) < 4.78 is 1.64. The Morgan fingerprint density at radius 3 is 2.93 bits per heavy atom. The van der Waals surface area contributed by atoms with Crippen LogP contribution < -0.4 is 11.1 Å². The molecule has 0 aliphatic carbocycles. The molecule has 0 bridgehead atoms. The largest absolute Gasteiger partial charge is 0.370 e. The van der Waals surface area contributed by atoms with Crippen LogP contribution in [0.1, 0.15) is 19.7 Å². The zero-order valence-corrected chi connectivity index (χ0v) is 9.44. The van der Waals surface area contributed by atoms with E-state index in [1.165, 1.54) is 0 Å². The van der Waals surface area contributed by atoms with Crippen molar-refractivity contribution in [1.29, 1.82) is 0 Å². The quantitative estimate of drug-likeness (QED) is 0.536. The Balaban J connectivity index is 2.36. The SMILES string of the molecule is CC(C)CNC(N)=NCc1ncn(C)n1. The maximum Gasteiger partial charge on any atom is 0.189 e. The first-order chi connectivity index (χ1) is 7.08. The van der Waals surface area contributed by atoms with Crippen LogP contribution in [0.25, 0.3) is 0 Å². The molecule has 1 rings (SSSR count). The lowest BCUT2D eigenvalue weighted by atomic mass is 10.2. The van der Waals surface area contributed by atoms with Gasteiger partial charge in [0.1, 0.15) is 12.9 Å². The van der Waals surface area contributed by atoms with Crippen molar-refractivity contribution in [1.82, 2.24) is 20.1 Å². The summed E-state index contributed by atoms with van der Waals surface area (Å²) in [4.78, 5) is 8.17. The molecule has 0 saturated carbocycles. The van der Waals surface area contributed by atoms with Gasteiger partial charge in [0.25, 0.3) is 0 Å². The smallest absolute Gasteiger partial charge is 0.189 e. The van der Waals surface area contributed by atoms with Gasteiger partial charge in [0.2, 0.25) is 0 Å². The molecular weight excluding hydrogens is 192 g/mol. The van der Waals surface area contributed by atoms with Gasteiger partial charge < -0.3 is 11.1 Å². The molecule has 0 atom stereocenters. The van der Waals surface area contributed by atoms with Crippen molar-refractivity contribution >= 4 is 5.96 Å². The molecule has 1 heterocycles. The molecule has 1 aromatic rings. The Kier molecular flexibility index (Phi) is 4.08. The minimum absolute atomic E-state index is 0.414. The number of nitrogens with two attached hydrogens (primary N) is 1. The molecule has 0 unspecified atom stereocenters. The lowest BCUT2D eigenvalue weighted by Crippen LogP contribution is -2.34. The average molecular weight is 210 g/mol. The van der Waals surface area contributed by atoms with Crippen molar-refractivity contribution in [2.75, 3.05) is 6.54 Å². The van der Waals surface area contributed by atoms with Gasteiger partial charge in [-0.3, -0.25) is 4.68 Å². The van der Waals surface area contributed by atoms with Gasteiger partial charge in [-0.2, -0.15) is 5.10 Å². The zero-order chi connectivity index (χ0) is 11.3. The number of aryl methyl sites for hydroxylation is 1. The lowest BCUT2D eigenvalue weighted by molar-refractivity contribution is 0.621. The van der Waals surface area contributed by atoms with Crippen molar-refractivity contribution in [3.05, 3.63) is 12.2 Å². The normalized spacial score (nSPS) is 12.1. The summed E-state index contributed by atoms with van der Waals surface area (Å²) in [5.41, 5.74) is 5.65. The van der Waals surface area contributed by atoms with Crippen LogP contribution >= 0.6 is 0 Å². The van der Waals surface area contributed by atoms with Gasteiger partial charge in [-0.05, 0) is 5.92 Å². The van der Waals surface area contributed by atoms with Crippen LogP contribution in [0.5, 0.6) is 0 Å². The lowest BCUT2D eigenvalue weighted by Gasteiger charge is -2.06. The van der Waals surface area contributed by atoms with E-state index < -0.39 is 0 Å². The highest BCUT2D eigenvalue weighted by Gasteiger charge is 1.98. The molecule has 0 aliphatic rings. The molecule has 0 fully saturated rings. The third-order valence-corrected chi connectivity index (χ3v) is 1.73. The van der Waals surface area contributed by atoms with E-state index in [0.29, 0.717) is 24.2 Å². The monoisotopic (exact) mass is 210 g/mol. The fourth-order valence-corrected chi connectivity index (χ4v) is 0.977. The van der Waals surface area contributed by atoms with Crippen LogP contribution in [0.15, 0.2) is 11.3 Å². The second-order valence-corrected chi connectivity index (χ2v) is 3.81. The fourth-order valence-electron chi connectivity index (χ4n) is 0.977. The summed E-state index contributed by atoms with van der Waals surface area (Å²) in [5.74, 6) is 1.66. The van der Waals surface area contributed by atoms with Crippen LogP contribution in [0, 0.1) is 5.92 Å². The van der Waals surface area contributed by atoms with E-state index in [-0.39, 0.29) is 0 Å². The van der Waals surface area contributed by atoms with Crippen molar-refractivity contribution in [3.63, 3.8) is 0 Å². The molecule has 0 saturated heterocycles. The van der Waals surface area contributed by atoms with E-state index in [1.807, 2.05) is 7.05 Å². The first-order valence-electron chi connectivity index (χ1n) is 4.96. The van der Waals surface area contributed by atoms with E-state index in [1.54, 1.807) is 11.0 Å². The number of hydrogen-bond acceptors (Lipinski definition) is 3. The Hall–Kier alpha value is -1.59. The summed E-state index contributed by atoms with van der Waals surface area (Å²) in [6.45, 7) is 5.46. The van der Waals surface area contributed by atoms with Crippen LogP contribution in [-0.4, -0.2) is 27.3 Å². The number of nitrogens with zero attached hydrogens (tertiary/aromatic N) is 4. The second kappa shape index (κ2) is 5.33. The zero-order valence-electron chi connectivity index (χ0n) is 9.44. The molecule has 0 amide bonds. The van der Waals surface area contributed by atoms with E-state index in [2.05, 4.69) is 34.2 Å². The number of nitrogens with one attached hydrogen (secondary N) is 1. The summed E-state index contributed by atoms with van der Waals surface area (Å²) in [5, 5.41) is 7.12. The predicted molar refractivity (Wildman–Crippen MR) is 59.2 cm³/mol. The molecule has 0 aliphatic heterocycles. The van der Waals surface area contributed by atoms with Gasteiger partial charge >= 0.3 is 0 Å².